The molecular weight excluding hydrogens is 316 g/mol. The maximum absolute atomic E-state index is 7.00. The molecule has 0 fully saturated rings. The van der Waals surface area contributed by atoms with Crippen molar-refractivity contribution in [2.45, 2.75) is 81.1 Å². The van der Waals surface area contributed by atoms with Gasteiger partial charge in [0.05, 0.1) is 0 Å². The van der Waals surface area contributed by atoms with Crippen LogP contribution in [0, 0.1) is 27.7 Å². The monoisotopic (exact) mass is 356 g/mol. The summed E-state index contributed by atoms with van der Waals surface area (Å²) in [5.74, 6) is 1.13. The number of rotatable bonds is 3. The molecule has 0 bridgehead atoms. The van der Waals surface area contributed by atoms with Crippen molar-refractivity contribution in [3.8, 4) is 11.1 Å². The summed E-state index contributed by atoms with van der Waals surface area (Å²) in [4.78, 5) is 0. The van der Waals surface area contributed by atoms with Gasteiger partial charge in [0.15, 0.2) is 0 Å². The molecule has 1 nitrogen and oxygen atoms in total. The lowest BCUT2D eigenvalue weighted by atomic mass is 9.86. The summed E-state index contributed by atoms with van der Waals surface area (Å²) in [7, 11) is 1.00. The van der Waals surface area contributed by atoms with E-state index in [0.717, 1.165) is 7.11 Å². The van der Waals surface area contributed by atoms with Crippen LogP contribution in [0.4, 0.5) is 0 Å². The van der Waals surface area contributed by atoms with Gasteiger partial charge in [0.25, 0.3) is 0 Å². The lowest BCUT2D eigenvalue weighted by molar-refractivity contribution is 0.399. The molecule has 26 heavy (non-hydrogen) atoms. The van der Waals surface area contributed by atoms with Crippen LogP contribution in [0.3, 0.4) is 0 Å². The number of aliphatic hydroxyl groups excluding tert-OH is 1. The summed E-state index contributed by atoms with van der Waals surface area (Å²) in [5.41, 5.74) is 11.3. The number of hydrogen-bond acceptors (Lipinski definition) is 1. The van der Waals surface area contributed by atoms with Crippen LogP contribution < -0.4 is 0 Å². The fraction of sp³-hybridized carbons (Fsp3) is 0.520. The molecule has 1 heteroatoms. The van der Waals surface area contributed by atoms with Gasteiger partial charge < -0.3 is 5.11 Å². The Kier molecular flexibility index (Phi) is 10.5. The highest BCUT2D eigenvalue weighted by Gasteiger charge is 2.14. The fourth-order valence-corrected chi connectivity index (χ4v) is 3.56. The second kappa shape index (κ2) is 11.2. The maximum atomic E-state index is 7.00. The van der Waals surface area contributed by atoms with Crippen LogP contribution in [0.25, 0.3) is 11.1 Å². The van der Waals surface area contributed by atoms with E-state index in [1.165, 1.54) is 44.5 Å². The van der Waals surface area contributed by atoms with Gasteiger partial charge in [-0.15, -0.1) is 0 Å². The predicted molar refractivity (Wildman–Crippen MR) is 118 cm³/mol. The first-order chi connectivity index (χ1) is 12.2. The molecule has 0 aliphatic heterocycles. The average molecular weight is 357 g/mol. The van der Waals surface area contributed by atoms with Crippen molar-refractivity contribution in [1.82, 2.24) is 0 Å². The second-order valence-corrected chi connectivity index (χ2v) is 7.36. The molecule has 0 aliphatic rings. The van der Waals surface area contributed by atoms with Crippen LogP contribution in [0.1, 0.15) is 86.8 Å². The minimum atomic E-state index is 0.565. The standard InChI is InChI=1S/C22H30.C2H6.CH4O/c1-13(2)19-11-21(17(7)9-15(19)5)22-12-20(14(3)4)16(6)10-18(22)8;2*1-2/h9-14H,1-8H3;1-2H3;2H,1H3. The van der Waals surface area contributed by atoms with E-state index in [1.807, 2.05) is 13.8 Å². The van der Waals surface area contributed by atoms with Crippen LogP contribution in [-0.4, -0.2) is 12.2 Å². The van der Waals surface area contributed by atoms with Gasteiger partial charge >= 0.3 is 0 Å². The van der Waals surface area contributed by atoms with Crippen molar-refractivity contribution in [2.75, 3.05) is 7.11 Å². The highest BCUT2D eigenvalue weighted by molar-refractivity contribution is 5.73. The molecular formula is C25H40O. The van der Waals surface area contributed by atoms with Crippen LogP contribution >= 0.6 is 0 Å². The third kappa shape index (κ3) is 5.71. The molecule has 1 N–H and O–H groups in total. The van der Waals surface area contributed by atoms with Crippen LogP contribution in [0.15, 0.2) is 24.3 Å². The Morgan fingerprint density at radius 3 is 1.04 bits per heavy atom. The molecule has 0 atom stereocenters. The van der Waals surface area contributed by atoms with Gasteiger partial charge in [0.2, 0.25) is 0 Å². The van der Waals surface area contributed by atoms with E-state index in [4.69, 9.17) is 5.11 Å². The Bertz CT molecular complexity index is 632. The van der Waals surface area contributed by atoms with Crippen molar-refractivity contribution < 1.29 is 5.11 Å². The normalized spacial score (nSPS) is 10.2. The van der Waals surface area contributed by atoms with Gasteiger partial charge in [-0.05, 0) is 84.0 Å². The molecule has 0 spiro atoms. The number of benzene rings is 2. The Hall–Kier alpha value is -1.60. The van der Waals surface area contributed by atoms with E-state index < -0.39 is 0 Å². The largest absolute Gasteiger partial charge is 0.400 e. The first-order valence-corrected chi connectivity index (χ1v) is 9.89. The van der Waals surface area contributed by atoms with E-state index in [9.17, 15) is 0 Å². The van der Waals surface area contributed by atoms with Crippen molar-refractivity contribution in [3.05, 3.63) is 57.6 Å². The smallest absolute Gasteiger partial charge is 0.0319 e. The Balaban J connectivity index is 0.00000146. The summed E-state index contributed by atoms with van der Waals surface area (Å²) < 4.78 is 0. The van der Waals surface area contributed by atoms with Gasteiger partial charge in [0.1, 0.15) is 0 Å². The highest BCUT2D eigenvalue weighted by atomic mass is 16.2. The molecule has 0 aromatic heterocycles. The zero-order valence-electron chi connectivity index (χ0n) is 18.9. The summed E-state index contributed by atoms with van der Waals surface area (Å²) in [5, 5.41) is 7.00. The molecule has 2 aromatic carbocycles. The predicted octanol–water partition coefficient (Wildman–Crippen LogP) is 7.47. The minimum absolute atomic E-state index is 0.565. The first-order valence-electron chi connectivity index (χ1n) is 9.89. The van der Waals surface area contributed by atoms with Gasteiger partial charge in [0, 0.05) is 7.11 Å². The molecule has 0 saturated heterocycles. The molecule has 0 saturated carbocycles. The zero-order chi connectivity index (χ0) is 20.6. The molecule has 0 unspecified atom stereocenters. The molecule has 0 aliphatic carbocycles. The topological polar surface area (TPSA) is 20.2 Å². The summed E-state index contributed by atoms with van der Waals surface area (Å²) >= 11 is 0. The van der Waals surface area contributed by atoms with Crippen molar-refractivity contribution in [2.24, 2.45) is 0 Å². The third-order valence-corrected chi connectivity index (χ3v) is 4.76. The third-order valence-electron chi connectivity index (χ3n) is 4.76. The van der Waals surface area contributed by atoms with Crippen LogP contribution in [0.2, 0.25) is 0 Å². The van der Waals surface area contributed by atoms with E-state index in [0.29, 0.717) is 11.8 Å². The van der Waals surface area contributed by atoms with Gasteiger partial charge in [-0.25, -0.2) is 0 Å². The molecule has 0 amide bonds. The van der Waals surface area contributed by atoms with E-state index >= 15 is 0 Å². The Morgan fingerprint density at radius 1 is 0.538 bits per heavy atom. The average Bonchev–Trinajstić information content (AvgIpc) is 2.58. The van der Waals surface area contributed by atoms with Crippen molar-refractivity contribution in [3.63, 3.8) is 0 Å². The molecule has 0 heterocycles. The lowest BCUT2D eigenvalue weighted by Crippen LogP contribution is -1.99. The first kappa shape index (κ1) is 24.4. The van der Waals surface area contributed by atoms with Crippen molar-refractivity contribution in [1.29, 1.82) is 0 Å². The number of aryl methyl sites for hydroxylation is 4. The molecule has 0 radical (unpaired) electrons. The fourth-order valence-electron chi connectivity index (χ4n) is 3.56. The van der Waals surface area contributed by atoms with Gasteiger partial charge in [-0.2, -0.15) is 0 Å². The molecule has 146 valence electrons. The summed E-state index contributed by atoms with van der Waals surface area (Å²) in [6.07, 6.45) is 0. The number of hydrogen-bond donors (Lipinski definition) is 1. The number of aliphatic hydroxyl groups is 1. The zero-order valence-corrected chi connectivity index (χ0v) is 18.9. The maximum Gasteiger partial charge on any atom is 0.0319 e. The summed E-state index contributed by atoms with van der Waals surface area (Å²) in [6, 6.07) is 9.52. The Morgan fingerprint density at radius 2 is 0.808 bits per heavy atom. The highest BCUT2D eigenvalue weighted by Crippen LogP contribution is 2.34. The van der Waals surface area contributed by atoms with E-state index in [-0.39, 0.29) is 0 Å². The second-order valence-electron chi connectivity index (χ2n) is 7.36. The van der Waals surface area contributed by atoms with E-state index in [2.05, 4.69) is 79.7 Å². The quantitative estimate of drug-likeness (QED) is 0.604. The van der Waals surface area contributed by atoms with Gasteiger partial charge in [-0.3, -0.25) is 0 Å². The van der Waals surface area contributed by atoms with Crippen molar-refractivity contribution >= 4 is 0 Å². The van der Waals surface area contributed by atoms with E-state index in [1.54, 1.807) is 0 Å². The lowest BCUT2D eigenvalue weighted by Gasteiger charge is -2.19. The van der Waals surface area contributed by atoms with Crippen LogP contribution in [0.5, 0.6) is 0 Å². The summed E-state index contributed by atoms with van der Waals surface area (Å²) in [6.45, 7) is 22.1. The molecule has 2 aromatic rings. The molecule has 2 rings (SSSR count). The minimum Gasteiger partial charge on any atom is -0.400 e. The Labute approximate surface area is 162 Å². The van der Waals surface area contributed by atoms with Gasteiger partial charge in [-0.1, -0.05) is 65.8 Å². The SMILES string of the molecule is CC.CO.Cc1cc(C)c(C(C)C)cc1-c1cc(C(C)C)c(C)cc1C. The van der Waals surface area contributed by atoms with Crippen LogP contribution in [-0.2, 0) is 0 Å².